The minimum absolute atomic E-state index is 0.388. The van der Waals surface area contributed by atoms with Gasteiger partial charge in [0.15, 0.2) is 0 Å². The molecule has 3 aromatic carbocycles. The van der Waals surface area contributed by atoms with Crippen LogP contribution in [0.4, 0.5) is 0 Å². The Balaban J connectivity index is 1.97. The van der Waals surface area contributed by atoms with Crippen LogP contribution in [0.25, 0.3) is 0 Å². The minimum atomic E-state index is -0.522. The second kappa shape index (κ2) is 8.02. The van der Waals surface area contributed by atoms with Gasteiger partial charge in [0.25, 0.3) is 5.24 Å². The van der Waals surface area contributed by atoms with Gasteiger partial charge in [0.05, 0.1) is 0 Å². The predicted octanol–water partition coefficient (Wildman–Crippen LogP) is 4.87. The first-order valence-electron chi connectivity index (χ1n) is 7.70. The topological polar surface area (TPSA) is 17.1 Å². The molecular formula is C23H13ClO. The van der Waals surface area contributed by atoms with E-state index in [0.717, 1.165) is 11.1 Å². The van der Waals surface area contributed by atoms with Gasteiger partial charge < -0.3 is 0 Å². The second-order valence-corrected chi connectivity index (χ2v) is 5.65. The Kier molecular flexibility index (Phi) is 5.32. The molecule has 0 N–H and O–H groups in total. The minimum Gasteiger partial charge on any atom is -0.276 e. The fraction of sp³-hybridized carbons (Fsp3) is 0. The van der Waals surface area contributed by atoms with Crippen LogP contribution >= 0.6 is 11.6 Å². The molecule has 0 radical (unpaired) electrons. The summed E-state index contributed by atoms with van der Waals surface area (Å²) in [5.41, 5.74) is 3.60. The van der Waals surface area contributed by atoms with Crippen LogP contribution in [0.2, 0.25) is 0 Å². The Hall–Kier alpha value is -3.26. The third-order valence-electron chi connectivity index (χ3n) is 3.41. The zero-order valence-electron chi connectivity index (χ0n) is 13.3. The van der Waals surface area contributed by atoms with Crippen molar-refractivity contribution < 1.29 is 4.79 Å². The summed E-state index contributed by atoms with van der Waals surface area (Å²) in [6, 6.07) is 24.5. The van der Waals surface area contributed by atoms with Crippen LogP contribution in [0.5, 0.6) is 0 Å². The van der Waals surface area contributed by atoms with Crippen molar-refractivity contribution in [2.45, 2.75) is 0 Å². The lowest BCUT2D eigenvalue weighted by molar-refractivity contribution is 0.108. The van der Waals surface area contributed by atoms with Crippen molar-refractivity contribution in [3.63, 3.8) is 0 Å². The van der Waals surface area contributed by atoms with Crippen molar-refractivity contribution in [1.29, 1.82) is 0 Å². The van der Waals surface area contributed by atoms with Gasteiger partial charge in [-0.15, -0.1) is 0 Å². The fourth-order valence-electron chi connectivity index (χ4n) is 2.22. The van der Waals surface area contributed by atoms with E-state index in [-0.39, 0.29) is 0 Å². The van der Waals surface area contributed by atoms with E-state index in [2.05, 4.69) is 23.7 Å². The van der Waals surface area contributed by atoms with Gasteiger partial charge in [-0.2, -0.15) is 0 Å². The lowest BCUT2D eigenvalue weighted by Crippen LogP contribution is -1.92. The average molecular weight is 341 g/mol. The molecule has 0 atom stereocenters. The number of halogens is 1. The van der Waals surface area contributed by atoms with Crippen LogP contribution in [0, 0.1) is 23.7 Å². The van der Waals surface area contributed by atoms with Crippen LogP contribution in [0.1, 0.15) is 32.6 Å². The van der Waals surface area contributed by atoms with E-state index < -0.39 is 5.24 Å². The maximum atomic E-state index is 11.6. The molecule has 0 bridgehead atoms. The Morgan fingerprint density at radius 3 is 1.40 bits per heavy atom. The second-order valence-electron chi connectivity index (χ2n) is 5.30. The van der Waals surface area contributed by atoms with E-state index in [0.29, 0.717) is 16.7 Å². The Labute approximate surface area is 152 Å². The zero-order chi connectivity index (χ0) is 17.5. The molecule has 25 heavy (non-hydrogen) atoms. The number of rotatable bonds is 1. The average Bonchev–Trinajstić information content (AvgIpc) is 2.66. The highest BCUT2D eigenvalue weighted by Gasteiger charge is 2.04. The highest BCUT2D eigenvalue weighted by Crippen LogP contribution is 2.12. The molecule has 0 aliphatic carbocycles. The number of hydrogen-bond donors (Lipinski definition) is 0. The van der Waals surface area contributed by atoms with Crippen LogP contribution in [-0.2, 0) is 0 Å². The summed E-state index contributed by atoms with van der Waals surface area (Å²) in [5, 5.41) is -0.522. The molecule has 0 heterocycles. The van der Waals surface area contributed by atoms with Gasteiger partial charge >= 0.3 is 0 Å². The Morgan fingerprint density at radius 2 is 1.00 bits per heavy atom. The number of carbonyl (C=O) groups excluding carboxylic acids is 1. The maximum Gasteiger partial charge on any atom is 0.252 e. The molecule has 0 aliphatic rings. The zero-order valence-corrected chi connectivity index (χ0v) is 14.0. The maximum absolute atomic E-state index is 11.6. The van der Waals surface area contributed by atoms with E-state index >= 15 is 0 Å². The fourth-order valence-corrected chi connectivity index (χ4v) is 2.33. The van der Waals surface area contributed by atoms with E-state index in [1.807, 2.05) is 66.7 Å². The molecule has 118 valence electrons. The summed E-state index contributed by atoms with van der Waals surface area (Å²) < 4.78 is 0. The van der Waals surface area contributed by atoms with E-state index in [4.69, 9.17) is 11.6 Å². The molecule has 0 spiro atoms. The molecule has 0 aromatic heterocycles. The first-order valence-corrected chi connectivity index (χ1v) is 8.07. The molecule has 1 nitrogen and oxygen atoms in total. The van der Waals surface area contributed by atoms with Crippen LogP contribution in [0.3, 0.4) is 0 Å². The van der Waals surface area contributed by atoms with Crippen molar-refractivity contribution in [3.8, 4) is 23.7 Å². The van der Waals surface area contributed by atoms with Crippen molar-refractivity contribution in [2.75, 3.05) is 0 Å². The molecule has 2 heteroatoms. The van der Waals surface area contributed by atoms with Gasteiger partial charge in [0, 0.05) is 27.8 Å². The molecule has 3 rings (SSSR count). The first-order chi connectivity index (χ1) is 12.2. The number of benzene rings is 3. The smallest absolute Gasteiger partial charge is 0.252 e. The third-order valence-corrected chi connectivity index (χ3v) is 3.63. The summed E-state index contributed by atoms with van der Waals surface area (Å²) in [6.07, 6.45) is 0. The molecule has 0 aliphatic heterocycles. The summed E-state index contributed by atoms with van der Waals surface area (Å²) in [6.45, 7) is 0. The molecule has 3 aromatic rings. The van der Waals surface area contributed by atoms with Crippen LogP contribution in [-0.4, -0.2) is 5.24 Å². The Bertz CT molecular complexity index is 938. The Morgan fingerprint density at radius 1 is 0.600 bits per heavy atom. The first kappa shape index (κ1) is 16.6. The number of carbonyl (C=O) groups is 1. The van der Waals surface area contributed by atoms with Crippen molar-refractivity contribution in [2.24, 2.45) is 0 Å². The molecule has 0 fully saturated rings. The van der Waals surface area contributed by atoms with Crippen molar-refractivity contribution >= 4 is 16.8 Å². The van der Waals surface area contributed by atoms with Gasteiger partial charge in [-0.05, 0) is 54.1 Å². The quantitative estimate of drug-likeness (QED) is 0.456. The van der Waals surface area contributed by atoms with Gasteiger partial charge in [-0.1, -0.05) is 60.1 Å². The number of hydrogen-bond acceptors (Lipinski definition) is 1. The van der Waals surface area contributed by atoms with Gasteiger partial charge in [0.2, 0.25) is 0 Å². The lowest BCUT2D eigenvalue weighted by Gasteiger charge is -1.99. The normalized spacial score (nSPS) is 9.32. The van der Waals surface area contributed by atoms with Gasteiger partial charge in [-0.25, -0.2) is 0 Å². The van der Waals surface area contributed by atoms with Crippen molar-refractivity contribution in [1.82, 2.24) is 0 Å². The SMILES string of the molecule is O=C(Cl)c1cc(C#Cc2ccccc2)cc(C#Cc2ccccc2)c1. The lowest BCUT2D eigenvalue weighted by atomic mass is 10.1. The monoisotopic (exact) mass is 340 g/mol. The molecule has 0 saturated carbocycles. The summed E-state index contributed by atoms with van der Waals surface area (Å²) in [7, 11) is 0. The molecular weight excluding hydrogens is 328 g/mol. The summed E-state index contributed by atoms with van der Waals surface area (Å²) in [4.78, 5) is 11.6. The highest BCUT2D eigenvalue weighted by molar-refractivity contribution is 6.67. The van der Waals surface area contributed by atoms with E-state index in [1.165, 1.54) is 0 Å². The predicted molar refractivity (Wildman–Crippen MR) is 101 cm³/mol. The van der Waals surface area contributed by atoms with E-state index in [9.17, 15) is 4.79 Å². The van der Waals surface area contributed by atoms with Gasteiger partial charge in [0.1, 0.15) is 0 Å². The van der Waals surface area contributed by atoms with Crippen molar-refractivity contribution in [3.05, 3.63) is 107 Å². The van der Waals surface area contributed by atoms with Gasteiger partial charge in [-0.3, -0.25) is 4.79 Å². The molecule has 0 saturated heterocycles. The summed E-state index contributed by atoms with van der Waals surface area (Å²) >= 11 is 5.65. The highest BCUT2D eigenvalue weighted by atomic mass is 35.5. The standard InChI is InChI=1S/C23H13ClO/c24-23(25)22-16-20(13-11-18-7-3-1-4-8-18)15-21(17-22)14-12-19-9-5-2-6-10-19/h1-10,15-17H. The molecule has 0 amide bonds. The third kappa shape index (κ3) is 4.85. The van der Waals surface area contributed by atoms with Crippen LogP contribution < -0.4 is 0 Å². The molecule has 0 unspecified atom stereocenters. The van der Waals surface area contributed by atoms with Crippen LogP contribution in [0.15, 0.2) is 78.9 Å². The summed E-state index contributed by atoms with van der Waals surface area (Å²) in [5.74, 6) is 12.3. The largest absolute Gasteiger partial charge is 0.276 e. The van der Waals surface area contributed by atoms with E-state index in [1.54, 1.807) is 12.1 Å².